The Bertz CT molecular complexity index is 564. The van der Waals surface area contributed by atoms with Crippen LogP contribution in [0, 0.1) is 6.92 Å². The van der Waals surface area contributed by atoms with E-state index in [0.717, 1.165) is 24.5 Å². The Hall–Kier alpha value is -2.16. The maximum atomic E-state index is 5.75. The molecule has 0 spiro atoms. The van der Waals surface area contributed by atoms with Crippen molar-refractivity contribution >= 4 is 11.4 Å². The number of benzene rings is 2. The third-order valence-electron chi connectivity index (χ3n) is 3.44. The van der Waals surface area contributed by atoms with Crippen molar-refractivity contribution in [3.05, 3.63) is 53.6 Å². The van der Waals surface area contributed by atoms with E-state index in [1.54, 1.807) is 7.11 Å². The average Bonchev–Trinajstić information content (AvgIpc) is 2.46. The highest BCUT2D eigenvalue weighted by molar-refractivity contribution is 5.54. The van der Waals surface area contributed by atoms with E-state index in [9.17, 15) is 0 Å². The Labute approximate surface area is 121 Å². The molecule has 2 aromatic carbocycles. The van der Waals surface area contributed by atoms with E-state index in [0.29, 0.717) is 0 Å². The molecule has 0 heterocycles. The number of hydrogen-bond acceptors (Lipinski definition) is 3. The van der Waals surface area contributed by atoms with Gasteiger partial charge in [0.1, 0.15) is 5.75 Å². The number of aryl methyl sites for hydroxylation is 1. The normalized spacial score (nSPS) is 10.3. The molecule has 0 bridgehead atoms. The fourth-order valence-electron chi connectivity index (χ4n) is 2.31. The Morgan fingerprint density at radius 2 is 1.80 bits per heavy atom. The van der Waals surface area contributed by atoms with Gasteiger partial charge >= 0.3 is 0 Å². The van der Waals surface area contributed by atoms with Crippen molar-refractivity contribution in [2.24, 2.45) is 0 Å². The summed E-state index contributed by atoms with van der Waals surface area (Å²) in [5.41, 5.74) is 10.2. The first-order chi connectivity index (χ1) is 9.63. The maximum absolute atomic E-state index is 5.75. The number of rotatable bonds is 5. The maximum Gasteiger partial charge on any atom is 0.123 e. The smallest absolute Gasteiger partial charge is 0.123 e. The van der Waals surface area contributed by atoms with E-state index in [4.69, 9.17) is 10.5 Å². The number of methoxy groups -OCH3 is 1. The first-order valence-corrected chi connectivity index (χ1v) is 6.88. The van der Waals surface area contributed by atoms with Crippen molar-refractivity contribution < 1.29 is 4.74 Å². The van der Waals surface area contributed by atoms with Crippen LogP contribution in [-0.2, 0) is 6.54 Å². The predicted octanol–water partition coefficient (Wildman–Crippen LogP) is 3.61. The average molecular weight is 270 g/mol. The molecule has 0 aliphatic carbocycles. The molecule has 0 saturated carbocycles. The van der Waals surface area contributed by atoms with Gasteiger partial charge in [-0.15, -0.1) is 0 Å². The summed E-state index contributed by atoms with van der Waals surface area (Å²) in [6.07, 6.45) is 0. The number of nitrogens with two attached hydrogens (primary N) is 1. The zero-order valence-corrected chi connectivity index (χ0v) is 12.4. The summed E-state index contributed by atoms with van der Waals surface area (Å²) in [6, 6.07) is 14.3. The Morgan fingerprint density at radius 1 is 1.10 bits per heavy atom. The second-order valence-electron chi connectivity index (χ2n) is 4.92. The number of anilines is 2. The molecule has 0 aliphatic rings. The molecule has 0 aliphatic heterocycles. The molecule has 0 saturated heterocycles. The standard InChI is InChI=1S/C17H22N2O/c1-4-19(16-8-6-15(18)7-9-16)12-14-11-13(2)5-10-17(14)20-3/h5-11H,4,12,18H2,1-3H3. The molecular formula is C17H22N2O. The van der Waals surface area contributed by atoms with Gasteiger partial charge in [0.05, 0.1) is 7.11 Å². The first-order valence-electron chi connectivity index (χ1n) is 6.88. The molecule has 2 rings (SSSR count). The van der Waals surface area contributed by atoms with Gasteiger partial charge in [-0.1, -0.05) is 17.7 Å². The van der Waals surface area contributed by atoms with Crippen LogP contribution in [0.2, 0.25) is 0 Å². The quantitative estimate of drug-likeness (QED) is 0.843. The van der Waals surface area contributed by atoms with Gasteiger partial charge in [-0.25, -0.2) is 0 Å². The lowest BCUT2D eigenvalue weighted by molar-refractivity contribution is 0.409. The van der Waals surface area contributed by atoms with Gasteiger partial charge in [-0.3, -0.25) is 0 Å². The second kappa shape index (κ2) is 6.33. The van der Waals surface area contributed by atoms with E-state index in [1.807, 2.05) is 18.2 Å². The molecule has 106 valence electrons. The van der Waals surface area contributed by atoms with Crippen molar-refractivity contribution in [1.29, 1.82) is 0 Å². The molecule has 2 aromatic rings. The minimum atomic E-state index is 0.790. The van der Waals surface area contributed by atoms with E-state index in [2.05, 4.69) is 43.0 Å². The minimum Gasteiger partial charge on any atom is -0.496 e. The van der Waals surface area contributed by atoms with Crippen LogP contribution in [0.5, 0.6) is 5.75 Å². The lowest BCUT2D eigenvalue weighted by Crippen LogP contribution is -2.22. The number of nitrogen functional groups attached to an aromatic ring is 1. The summed E-state index contributed by atoms with van der Waals surface area (Å²) in [7, 11) is 1.72. The molecule has 0 atom stereocenters. The SMILES string of the molecule is CCN(Cc1cc(C)ccc1OC)c1ccc(N)cc1. The minimum absolute atomic E-state index is 0.790. The summed E-state index contributed by atoms with van der Waals surface area (Å²) in [6.45, 7) is 6.01. The lowest BCUT2D eigenvalue weighted by Gasteiger charge is -2.24. The molecule has 2 N–H and O–H groups in total. The van der Waals surface area contributed by atoms with Gasteiger partial charge < -0.3 is 15.4 Å². The lowest BCUT2D eigenvalue weighted by atomic mass is 10.1. The molecule has 0 aromatic heterocycles. The predicted molar refractivity (Wildman–Crippen MR) is 85.3 cm³/mol. The first kappa shape index (κ1) is 14.3. The van der Waals surface area contributed by atoms with Crippen molar-refractivity contribution in [3.8, 4) is 5.75 Å². The third-order valence-corrected chi connectivity index (χ3v) is 3.44. The van der Waals surface area contributed by atoms with E-state index < -0.39 is 0 Å². The summed E-state index contributed by atoms with van der Waals surface area (Å²) < 4.78 is 5.45. The summed E-state index contributed by atoms with van der Waals surface area (Å²) in [5, 5.41) is 0. The van der Waals surface area contributed by atoms with E-state index >= 15 is 0 Å². The van der Waals surface area contributed by atoms with E-state index in [-0.39, 0.29) is 0 Å². The molecule has 0 amide bonds. The van der Waals surface area contributed by atoms with Crippen LogP contribution in [0.25, 0.3) is 0 Å². The molecule has 3 heteroatoms. The van der Waals surface area contributed by atoms with Gasteiger partial charge in [-0.05, 0) is 44.2 Å². The topological polar surface area (TPSA) is 38.5 Å². The van der Waals surface area contributed by atoms with E-state index in [1.165, 1.54) is 16.8 Å². The monoisotopic (exact) mass is 270 g/mol. The van der Waals surface area contributed by atoms with Crippen molar-refractivity contribution in [2.45, 2.75) is 20.4 Å². The third kappa shape index (κ3) is 3.23. The molecule has 0 fully saturated rings. The molecule has 0 radical (unpaired) electrons. The van der Waals surface area contributed by atoms with Crippen LogP contribution >= 0.6 is 0 Å². The van der Waals surface area contributed by atoms with Crippen molar-refractivity contribution in [3.63, 3.8) is 0 Å². The van der Waals surface area contributed by atoms with Crippen molar-refractivity contribution in [1.82, 2.24) is 0 Å². The highest BCUT2D eigenvalue weighted by Crippen LogP contribution is 2.24. The van der Waals surface area contributed by atoms with Crippen LogP contribution < -0.4 is 15.4 Å². The van der Waals surface area contributed by atoms with Crippen LogP contribution in [0.1, 0.15) is 18.1 Å². The van der Waals surface area contributed by atoms with Crippen LogP contribution in [0.15, 0.2) is 42.5 Å². The summed E-state index contributed by atoms with van der Waals surface area (Å²) >= 11 is 0. The Kier molecular flexibility index (Phi) is 4.51. The van der Waals surface area contributed by atoms with Crippen LogP contribution in [-0.4, -0.2) is 13.7 Å². The molecule has 0 unspecified atom stereocenters. The summed E-state index contributed by atoms with van der Waals surface area (Å²) in [5.74, 6) is 0.935. The Morgan fingerprint density at radius 3 is 2.40 bits per heavy atom. The summed E-state index contributed by atoms with van der Waals surface area (Å²) in [4.78, 5) is 2.30. The van der Waals surface area contributed by atoms with Gasteiger partial charge in [0.2, 0.25) is 0 Å². The highest BCUT2D eigenvalue weighted by atomic mass is 16.5. The second-order valence-corrected chi connectivity index (χ2v) is 4.92. The Balaban J connectivity index is 2.26. The van der Waals surface area contributed by atoms with Gasteiger partial charge in [0.25, 0.3) is 0 Å². The largest absolute Gasteiger partial charge is 0.496 e. The number of hydrogen-bond donors (Lipinski definition) is 1. The zero-order valence-electron chi connectivity index (χ0n) is 12.4. The van der Waals surface area contributed by atoms with Crippen molar-refractivity contribution in [2.75, 3.05) is 24.3 Å². The van der Waals surface area contributed by atoms with Gasteiger partial charge in [0.15, 0.2) is 0 Å². The van der Waals surface area contributed by atoms with Crippen LogP contribution in [0.4, 0.5) is 11.4 Å². The molecule has 3 nitrogen and oxygen atoms in total. The van der Waals surface area contributed by atoms with Crippen LogP contribution in [0.3, 0.4) is 0 Å². The molecular weight excluding hydrogens is 248 g/mol. The molecule has 20 heavy (non-hydrogen) atoms. The van der Waals surface area contributed by atoms with Gasteiger partial charge in [-0.2, -0.15) is 0 Å². The fraction of sp³-hybridized carbons (Fsp3) is 0.294. The van der Waals surface area contributed by atoms with Gasteiger partial charge in [0, 0.05) is 30.0 Å². The number of nitrogens with zero attached hydrogens (tertiary/aromatic N) is 1. The number of ether oxygens (including phenoxy) is 1. The zero-order chi connectivity index (χ0) is 14.5. The fourth-order valence-corrected chi connectivity index (χ4v) is 2.31. The highest BCUT2D eigenvalue weighted by Gasteiger charge is 2.09.